The molecule has 2 unspecified atom stereocenters. The van der Waals surface area contributed by atoms with E-state index in [0.717, 1.165) is 12.0 Å². The number of carbonyl (C=O) groups excluding carboxylic acids is 2. The Morgan fingerprint density at radius 3 is 2.22 bits per heavy atom. The number of amides is 2. The number of carboxylic acid groups (broad SMARTS) is 1. The van der Waals surface area contributed by atoms with Gasteiger partial charge in [-0.05, 0) is 43.4 Å². The minimum atomic E-state index is -0.854. The smallest absolute Gasteiger partial charge is 0.308 e. The maximum absolute atomic E-state index is 13.0. The van der Waals surface area contributed by atoms with E-state index >= 15 is 0 Å². The summed E-state index contributed by atoms with van der Waals surface area (Å²) in [5.41, 5.74) is 0.746. The van der Waals surface area contributed by atoms with Crippen LogP contribution in [0.15, 0.2) is 24.3 Å². The summed E-state index contributed by atoms with van der Waals surface area (Å²) in [6.07, 6.45) is 2.95. The average Bonchev–Trinajstić information content (AvgIpc) is 2.69. The lowest BCUT2D eigenvalue weighted by Crippen LogP contribution is -2.50. The molecule has 2 atom stereocenters. The SMILES string of the molecule is O=C(O)C1CCCN(C(=O)C2CCCN(C(=O)Cc3ccc(F)cc3)C2)C1. The third-order valence-corrected chi connectivity index (χ3v) is 5.47. The minimum absolute atomic E-state index is 0.0415. The number of hydrogen-bond donors (Lipinski definition) is 1. The maximum Gasteiger partial charge on any atom is 0.308 e. The molecule has 2 heterocycles. The Morgan fingerprint density at radius 1 is 0.963 bits per heavy atom. The van der Waals surface area contributed by atoms with Crippen LogP contribution in [-0.4, -0.2) is 58.9 Å². The van der Waals surface area contributed by atoms with Gasteiger partial charge in [-0.3, -0.25) is 14.4 Å². The number of nitrogens with zero attached hydrogens (tertiary/aromatic N) is 2. The van der Waals surface area contributed by atoms with E-state index in [9.17, 15) is 23.9 Å². The van der Waals surface area contributed by atoms with E-state index in [1.54, 1.807) is 21.9 Å². The van der Waals surface area contributed by atoms with Gasteiger partial charge < -0.3 is 14.9 Å². The van der Waals surface area contributed by atoms with Crippen molar-refractivity contribution in [3.8, 4) is 0 Å². The number of piperidine rings is 2. The first-order chi connectivity index (χ1) is 12.9. The topological polar surface area (TPSA) is 77.9 Å². The molecule has 2 saturated heterocycles. The number of likely N-dealkylation sites (tertiary alicyclic amines) is 2. The van der Waals surface area contributed by atoms with E-state index in [1.807, 2.05) is 0 Å². The Labute approximate surface area is 157 Å². The van der Waals surface area contributed by atoms with Gasteiger partial charge in [0, 0.05) is 26.2 Å². The van der Waals surface area contributed by atoms with Crippen LogP contribution >= 0.6 is 0 Å². The molecule has 0 spiro atoms. The van der Waals surface area contributed by atoms with E-state index in [4.69, 9.17) is 0 Å². The normalized spacial score (nSPS) is 23.1. The van der Waals surface area contributed by atoms with Crippen LogP contribution in [0, 0.1) is 17.7 Å². The van der Waals surface area contributed by atoms with Crippen molar-refractivity contribution in [3.63, 3.8) is 0 Å². The molecule has 0 radical (unpaired) electrons. The first-order valence-electron chi connectivity index (χ1n) is 9.48. The first kappa shape index (κ1) is 19.3. The molecule has 146 valence electrons. The van der Waals surface area contributed by atoms with Crippen LogP contribution in [0.4, 0.5) is 4.39 Å². The van der Waals surface area contributed by atoms with Crippen LogP contribution in [0.2, 0.25) is 0 Å². The molecule has 1 aromatic rings. The first-order valence-corrected chi connectivity index (χ1v) is 9.48. The molecule has 2 aliphatic rings. The number of halogens is 1. The summed E-state index contributed by atoms with van der Waals surface area (Å²) in [5, 5.41) is 9.21. The number of carbonyl (C=O) groups is 3. The number of carboxylic acids is 1. The molecule has 2 fully saturated rings. The highest BCUT2D eigenvalue weighted by molar-refractivity contribution is 5.83. The van der Waals surface area contributed by atoms with Crippen LogP contribution in [0.3, 0.4) is 0 Å². The van der Waals surface area contributed by atoms with Crippen molar-refractivity contribution in [1.82, 2.24) is 9.80 Å². The van der Waals surface area contributed by atoms with E-state index in [2.05, 4.69) is 0 Å². The molecule has 1 aromatic carbocycles. The van der Waals surface area contributed by atoms with Crippen molar-refractivity contribution < 1.29 is 23.9 Å². The largest absolute Gasteiger partial charge is 0.481 e. The lowest BCUT2D eigenvalue weighted by Gasteiger charge is -2.37. The van der Waals surface area contributed by atoms with Gasteiger partial charge in [0.25, 0.3) is 0 Å². The van der Waals surface area contributed by atoms with Crippen LogP contribution in [0.1, 0.15) is 31.2 Å². The average molecular weight is 376 g/mol. The minimum Gasteiger partial charge on any atom is -0.481 e. The van der Waals surface area contributed by atoms with Crippen molar-refractivity contribution in [2.45, 2.75) is 32.1 Å². The second-order valence-electron chi connectivity index (χ2n) is 7.44. The molecule has 3 rings (SSSR count). The molecule has 2 aliphatic heterocycles. The van der Waals surface area contributed by atoms with Gasteiger partial charge in [-0.2, -0.15) is 0 Å². The Kier molecular flexibility index (Phi) is 6.08. The van der Waals surface area contributed by atoms with Crippen LogP contribution in [0.25, 0.3) is 0 Å². The molecule has 0 saturated carbocycles. The number of benzene rings is 1. The monoisotopic (exact) mass is 376 g/mol. The Morgan fingerprint density at radius 2 is 1.56 bits per heavy atom. The summed E-state index contributed by atoms with van der Waals surface area (Å²) < 4.78 is 13.0. The predicted molar refractivity (Wildman–Crippen MR) is 96.3 cm³/mol. The summed E-state index contributed by atoms with van der Waals surface area (Å²) in [4.78, 5) is 40.0. The summed E-state index contributed by atoms with van der Waals surface area (Å²) in [5.74, 6) is -2.07. The van der Waals surface area contributed by atoms with Gasteiger partial charge >= 0.3 is 5.97 Å². The second-order valence-corrected chi connectivity index (χ2v) is 7.44. The van der Waals surface area contributed by atoms with E-state index < -0.39 is 11.9 Å². The van der Waals surface area contributed by atoms with Gasteiger partial charge in [-0.25, -0.2) is 4.39 Å². The molecule has 7 heteroatoms. The van der Waals surface area contributed by atoms with Crippen molar-refractivity contribution >= 4 is 17.8 Å². The van der Waals surface area contributed by atoms with Crippen molar-refractivity contribution in [2.75, 3.05) is 26.2 Å². The predicted octanol–water partition coefficient (Wildman–Crippen LogP) is 1.93. The van der Waals surface area contributed by atoms with Crippen molar-refractivity contribution in [1.29, 1.82) is 0 Å². The molecular formula is C20H25FN2O4. The zero-order chi connectivity index (χ0) is 19.4. The van der Waals surface area contributed by atoms with Gasteiger partial charge in [-0.1, -0.05) is 12.1 Å². The number of aliphatic carboxylic acids is 1. The molecule has 0 aromatic heterocycles. The molecule has 0 aliphatic carbocycles. The Balaban J connectivity index is 1.58. The highest BCUT2D eigenvalue weighted by Crippen LogP contribution is 2.24. The van der Waals surface area contributed by atoms with E-state index in [1.165, 1.54) is 12.1 Å². The summed E-state index contributed by atoms with van der Waals surface area (Å²) in [7, 11) is 0. The lowest BCUT2D eigenvalue weighted by atomic mass is 9.93. The second kappa shape index (κ2) is 8.50. The van der Waals surface area contributed by atoms with Crippen LogP contribution < -0.4 is 0 Å². The van der Waals surface area contributed by atoms with Crippen molar-refractivity contribution in [3.05, 3.63) is 35.6 Å². The fraction of sp³-hybridized carbons (Fsp3) is 0.550. The van der Waals surface area contributed by atoms with Gasteiger partial charge in [0.15, 0.2) is 0 Å². The summed E-state index contributed by atoms with van der Waals surface area (Å²) in [6.45, 7) is 1.82. The summed E-state index contributed by atoms with van der Waals surface area (Å²) in [6, 6.07) is 5.86. The third kappa shape index (κ3) is 4.84. The maximum atomic E-state index is 13.0. The molecular weight excluding hydrogens is 351 g/mol. The quantitative estimate of drug-likeness (QED) is 0.871. The number of rotatable bonds is 4. The molecule has 2 amide bonds. The standard InChI is InChI=1S/C20H25FN2O4/c21-17-7-5-14(6-8-17)11-18(24)22-9-1-3-15(12-22)19(25)23-10-2-4-16(13-23)20(26)27/h5-8,15-16H,1-4,9-13H2,(H,26,27). The van der Waals surface area contributed by atoms with E-state index in [0.29, 0.717) is 38.9 Å². The van der Waals surface area contributed by atoms with E-state index in [-0.39, 0.29) is 36.5 Å². The fourth-order valence-electron chi connectivity index (χ4n) is 3.93. The van der Waals surface area contributed by atoms with Crippen LogP contribution in [-0.2, 0) is 20.8 Å². The zero-order valence-corrected chi connectivity index (χ0v) is 15.3. The van der Waals surface area contributed by atoms with Gasteiger partial charge in [0.1, 0.15) is 5.82 Å². The third-order valence-electron chi connectivity index (χ3n) is 5.47. The van der Waals surface area contributed by atoms with Gasteiger partial charge in [0.05, 0.1) is 18.3 Å². The molecule has 0 bridgehead atoms. The Hall–Kier alpha value is -2.44. The molecule has 1 N–H and O–H groups in total. The highest BCUT2D eigenvalue weighted by Gasteiger charge is 2.34. The lowest BCUT2D eigenvalue weighted by molar-refractivity contribution is -0.147. The fourth-order valence-corrected chi connectivity index (χ4v) is 3.93. The van der Waals surface area contributed by atoms with Crippen molar-refractivity contribution in [2.24, 2.45) is 11.8 Å². The van der Waals surface area contributed by atoms with Gasteiger partial charge in [-0.15, -0.1) is 0 Å². The number of hydrogen-bond acceptors (Lipinski definition) is 3. The van der Waals surface area contributed by atoms with Crippen LogP contribution in [0.5, 0.6) is 0 Å². The van der Waals surface area contributed by atoms with Gasteiger partial charge in [0.2, 0.25) is 11.8 Å². The summed E-state index contributed by atoms with van der Waals surface area (Å²) >= 11 is 0. The molecule has 27 heavy (non-hydrogen) atoms. The molecule has 6 nitrogen and oxygen atoms in total. The Bertz CT molecular complexity index is 706. The zero-order valence-electron chi connectivity index (χ0n) is 15.3. The highest BCUT2D eigenvalue weighted by atomic mass is 19.1.